The Bertz CT molecular complexity index is 2800. The lowest BCUT2D eigenvalue weighted by molar-refractivity contribution is 0.436. The van der Waals surface area contributed by atoms with E-state index in [4.69, 9.17) is 4.74 Å². The van der Waals surface area contributed by atoms with Gasteiger partial charge in [-0.15, -0.1) is 0 Å². The number of hydrogen-bond acceptors (Lipinski definition) is 1. The first-order valence-electron chi connectivity index (χ1n) is 19.1. The topological polar surface area (TPSA) is 9.23 Å². The number of rotatable bonds is 5. The maximum Gasteiger partial charge on any atom is 0.140 e. The van der Waals surface area contributed by atoms with Crippen LogP contribution >= 0.6 is 0 Å². The molecular formula is C54H36O. The minimum Gasteiger partial charge on any atom is -0.456 e. The quantitative estimate of drug-likeness (QED) is 0.174. The third kappa shape index (κ3) is 4.47. The highest BCUT2D eigenvalue weighted by Crippen LogP contribution is 2.60. The van der Waals surface area contributed by atoms with Crippen LogP contribution in [0.25, 0.3) is 33.0 Å². The van der Waals surface area contributed by atoms with Crippen molar-refractivity contribution in [2.45, 2.75) is 10.8 Å². The molecule has 0 N–H and O–H groups in total. The summed E-state index contributed by atoms with van der Waals surface area (Å²) in [4.78, 5) is 0. The zero-order valence-electron chi connectivity index (χ0n) is 30.2. The minimum absolute atomic E-state index is 0.534. The van der Waals surface area contributed by atoms with Crippen LogP contribution in [0.15, 0.2) is 218 Å². The molecule has 258 valence electrons. The van der Waals surface area contributed by atoms with E-state index in [9.17, 15) is 0 Å². The Hall–Kier alpha value is -6.96. The third-order valence-corrected chi connectivity index (χ3v) is 12.1. The van der Waals surface area contributed by atoms with Gasteiger partial charge in [0.2, 0.25) is 0 Å². The highest BCUT2D eigenvalue weighted by Gasteiger charge is 2.48. The fourth-order valence-corrected chi connectivity index (χ4v) is 9.80. The molecule has 11 rings (SSSR count). The molecule has 1 nitrogen and oxygen atoms in total. The molecular weight excluding hydrogens is 665 g/mol. The van der Waals surface area contributed by atoms with Gasteiger partial charge in [0, 0.05) is 16.7 Å². The number of hydrogen-bond donors (Lipinski definition) is 0. The molecule has 9 aromatic carbocycles. The smallest absolute Gasteiger partial charge is 0.140 e. The second kappa shape index (κ2) is 12.3. The molecule has 1 aliphatic heterocycles. The average molecular weight is 701 g/mol. The van der Waals surface area contributed by atoms with Gasteiger partial charge in [-0.3, -0.25) is 0 Å². The molecule has 0 bridgehead atoms. The van der Waals surface area contributed by atoms with Crippen molar-refractivity contribution in [1.29, 1.82) is 0 Å². The standard InChI is InChI=1S/C54H36O/c1-5-20-40(21-6-1)53(41-22-7-2-8-23-41)47-29-15-16-31-51(47)55-52-44(28-17-30-48(52)53)39-32-33-45-46-34-37-18-13-14-19-38(37)35-50(46)54(49(45)36-39,42-24-9-3-10-25-42)43-26-11-4-12-27-43/h1-36H. The van der Waals surface area contributed by atoms with Gasteiger partial charge < -0.3 is 4.74 Å². The average Bonchev–Trinajstić information content (AvgIpc) is 3.55. The Morgan fingerprint density at radius 2 is 0.764 bits per heavy atom. The van der Waals surface area contributed by atoms with Crippen LogP contribution in [0.5, 0.6) is 11.5 Å². The van der Waals surface area contributed by atoms with Crippen LogP contribution in [0, 0.1) is 0 Å². The highest BCUT2D eigenvalue weighted by molar-refractivity contribution is 5.97. The first-order chi connectivity index (χ1) is 27.3. The van der Waals surface area contributed by atoms with Crippen molar-refractivity contribution in [1.82, 2.24) is 0 Å². The zero-order chi connectivity index (χ0) is 36.4. The van der Waals surface area contributed by atoms with Gasteiger partial charge in [0.15, 0.2) is 0 Å². The van der Waals surface area contributed by atoms with Gasteiger partial charge in [-0.2, -0.15) is 0 Å². The third-order valence-electron chi connectivity index (χ3n) is 12.1. The molecule has 0 fully saturated rings. The van der Waals surface area contributed by atoms with E-state index in [-0.39, 0.29) is 0 Å². The Kier molecular flexibility index (Phi) is 7.06. The normalized spacial score (nSPS) is 14.3. The molecule has 1 heterocycles. The van der Waals surface area contributed by atoms with Crippen molar-refractivity contribution in [3.8, 4) is 33.8 Å². The van der Waals surface area contributed by atoms with Crippen LogP contribution in [-0.2, 0) is 10.8 Å². The summed E-state index contributed by atoms with van der Waals surface area (Å²) in [7, 11) is 0. The van der Waals surface area contributed by atoms with Gasteiger partial charge >= 0.3 is 0 Å². The summed E-state index contributed by atoms with van der Waals surface area (Å²) in [5.41, 5.74) is 13.4. The van der Waals surface area contributed by atoms with Gasteiger partial charge in [0.1, 0.15) is 11.5 Å². The minimum atomic E-state index is -0.590. The number of ether oxygens (including phenoxy) is 1. The highest BCUT2D eigenvalue weighted by atomic mass is 16.5. The molecule has 0 saturated heterocycles. The van der Waals surface area contributed by atoms with Crippen molar-refractivity contribution < 1.29 is 4.74 Å². The van der Waals surface area contributed by atoms with Gasteiger partial charge in [0.05, 0.1) is 10.8 Å². The van der Waals surface area contributed by atoms with Crippen LogP contribution in [0.3, 0.4) is 0 Å². The Labute approximate surface area is 321 Å². The fourth-order valence-electron chi connectivity index (χ4n) is 9.80. The van der Waals surface area contributed by atoms with Crippen LogP contribution in [0.4, 0.5) is 0 Å². The molecule has 1 aliphatic carbocycles. The monoisotopic (exact) mass is 700 g/mol. The summed E-state index contributed by atoms with van der Waals surface area (Å²) in [5, 5.41) is 2.49. The summed E-state index contributed by atoms with van der Waals surface area (Å²) in [6.07, 6.45) is 0. The van der Waals surface area contributed by atoms with Crippen molar-refractivity contribution in [3.63, 3.8) is 0 Å². The second-order valence-electron chi connectivity index (χ2n) is 14.7. The van der Waals surface area contributed by atoms with E-state index < -0.39 is 10.8 Å². The predicted molar refractivity (Wildman–Crippen MR) is 225 cm³/mol. The van der Waals surface area contributed by atoms with Gasteiger partial charge in [-0.05, 0) is 85.1 Å². The molecule has 0 amide bonds. The molecule has 1 heteroatoms. The van der Waals surface area contributed by atoms with Crippen molar-refractivity contribution >= 4 is 10.8 Å². The lowest BCUT2D eigenvalue weighted by Gasteiger charge is -2.42. The van der Waals surface area contributed by atoms with Crippen molar-refractivity contribution in [3.05, 3.63) is 263 Å². The first-order valence-corrected chi connectivity index (χ1v) is 19.1. The molecule has 2 aliphatic rings. The lowest BCUT2D eigenvalue weighted by Crippen LogP contribution is -2.34. The van der Waals surface area contributed by atoms with Crippen molar-refractivity contribution in [2.24, 2.45) is 0 Å². The van der Waals surface area contributed by atoms with E-state index in [0.717, 1.165) is 33.8 Å². The molecule has 0 saturated carbocycles. The Balaban J connectivity index is 1.22. The largest absolute Gasteiger partial charge is 0.456 e. The van der Waals surface area contributed by atoms with Crippen LogP contribution < -0.4 is 4.74 Å². The zero-order valence-corrected chi connectivity index (χ0v) is 30.2. The SMILES string of the molecule is c1ccc(C2(c3ccccc3)c3cc(-c4cccc5c4Oc4ccccc4C5(c4ccccc4)c4ccccc4)ccc3-c3cc4ccccc4cc32)cc1. The van der Waals surface area contributed by atoms with Crippen LogP contribution in [0.1, 0.15) is 44.5 Å². The fraction of sp³-hybridized carbons (Fsp3) is 0.0370. The molecule has 55 heavy (non-hydrogen) atoms. The van der Waals surface area contributed by atoms with Crippen LogP contribution in [-0.4, -0.2) is 0 Å². The van der Waals surface area contributed by atoms with E-state index >= 15 is 0 Å². The van der Waals surface area contributed by atoms with Gasteiger partial charge in [0.25, 0.3) is 0 Å². The molecule has 9 aromatic rings. The van der Waals surface area contributed by atoms with E-state index in [1.54, 1.807) is 0 Å². The van der Waals surface area contributed by atoms with Gasteiger partial charge in [-0.1, -0.05) is 194 Å². The van der Waals surface area contributed by atoms with Crippen molar-refractivity contribution in [2.75, 3.05) is 0 Å². The number of fused-ring (bicyclic) bond motifs is 6. The summed E-state index contributed by atoms with van der Waals surface area (Å²) >= 11 is 0. The molecule has 0 aromatic heterocycles. The van der Waals surface area contributed by atoms with E-state index in [1.165, 1.54) is 55.3 Å². The Morgan fingerprint density at radius 3 is 1.36 bits per heavy atom. The number of benzene rings is 9. The summed E-state index contributed by atoms with van der Waals surface area (Å²) in [6, 6.07) is 79.9. The maximum atomic E-state index is 7.12. The molecule has 0 spiro atoms. The first kappa shape index (κ1) is 31.6. The summed E-state index contributed by atoms with van der Waals surface area (Å²) in [5.74, 6) is 1.76. The molecule has 0 unspecified atom stereocenters. The second-order valence-corrected chi connectivity index (χ2v) is 14.7. The van der Waals surface area contributed by atoms with E-state index in [0.29, 0.717) is 0 Å². The molecule has 0 radical (unpaired) electrons. The Morgan fingerprint density at radius 1 is 0.291 bits per heavy atom. The van der Waals surface area contributed by atoms with E-state index in [1.807, 2.05) is 0 Å². The number of para-hydroxylation sites is 2. The summed E-state index contributed by atoms with van der Waals surface area (Å²) in [6.45, 7) is 0. The lowest BCUT2D eigenvalue weighted by atomic mass is 9.63. The van der Waals surface area contributed by atoms with Crippen LogP contribution in [0.2, 0.25) is 0 Å². The van der Waals surface area contributed by atoms with Gasteiger partial charge in [-0.25, -0.2) is 0 Å². The van der Waals surface area contributed by atoms with E-state index in [2.05, 4.69) is 218 Å². The predicted octanol–water partition coefficient (Wildman–Crippen LogP) is 13.4. The summed E-state index contributed by atoms with van der Waals surface area (Å²) < 4.78 is 7.12. The molecule has 0 atom stereocenters. The maximum absolute atomic E-state index is 7.12.